The second kappa shape index (κ2) is 5.84. The number of halogens is 1. The van der Waals surface area contributed by atoms with Gasteiger partial charge in [-0.25, -0.2) is 9.78 Å². The van der Waals surface area contributed by atoms with Crippen LogP contribution in [0.15, 0.2) is 29.6 Å². The average molecular weight is 282 g/mol. The molecule has 0 fully saturated rings. The minimum atomic E-state index is -0.295. The lowest BCUT2D eigenvalue weighted by atomic mass is 10.3. The second-order valence-corrected chi connectivity index (χ2v) is 5.02. The molecule has 1 aromatic heterocycles. The van der Waals surface area contributed by atoms with E-state index in [-0.39, 0.29) is 6.03 Å². The SMILES string of the molecule is Cc1csc(CNC(=O)Nc2ccccc2Cl)n1. The summed E-state index contributed by atoms with van der Waals surface area (Å²) in [5.41, 5.74) is 1.55. The van der Waals surface area contributed by atoms with E-state index in [1.807, 2.05) is 24.4 Å². The highest BCUT2D eigenvalue weighted by Gasteiger charge is 2.05. The predicted molar refractivity (Wildman–Crippen MR) is 74.2 cm³/mol. The first-order chi connectivity index (χ1) is 8.65. The maximum Gasteiger partial charge on any atom is 0.319 e. The lowest BCUT2D eigenvalue weighted by Crippen LogP contribution is -2.28. The zero-order valence-electron chi connectivity index (χ0n) is 9.74. The molecule has 0 radical (unpaired) electrons. The van der Waals surface area contributed by atoms with Crippen molar-refractivity contribution in [3.63, 3.8) is 0 Å². The Kier molecular flexibility index (Phi) is 4.17. The molecular formula is C12H12ClN3OS. The Morgan fingerprint density at radius 2 is 2.22 bits per heavy atom. The molecule has 18 heavy (non-hydrogen) atoms. The average Bonchev–Trinajstić information content (AvgIpc) is 2.76. The number of rotatable bonds is 3. The van der Waals surface area contributed by atoms with E-state index in [0.717, 1.165) is 10.7 Å². The van der Waals surface area contributed by atoms with Gasteiger partial charge in [0.15, 0.2) is 0 Å². The molecule has 0 bridgehead atoms. The largest absolute Gasteiger partial charge is 0.331 e. The van der Waals surface area contributed by atoms with E-state index >= 15 is 0 Å². The summed E-state index contributed by atoms with van der Waals surface area (Å²) in [6.45, 7) is 2.33. The van der Waals surface area contributed by atoms with Gasteiger partial charge in [-0.1, -0.05) is 23.7 Å². The summed E-state index contributed by atoms with van der Waals surface area (Å²) in [6, 6.07) is 6.79. The van der Waals surface area contributed by atoms with Crippen LogP contribution in [0.2, 0.25) is 5.02 Å². The number of thiazole rings is 1. The van der Waals surface area contributed by atoms with Crippen molar-refractivity contribution in [1.29, 1.82) is 0 Å². The number of carbonyl (C=O) groups excluding carboxylic acids is 1. The van der Waals surface area contributed by atoms with E-state index in [2.05, 4.69) is 15.6 Å². The molecule has 2 amide bonds. The normalized spacial score (nSPS) is 10.1. The molecule has 0 unspecified atom stereocenters. The molecule has 2 aromatic rings. The minimum Gasteiger partial charge on any atom is -0.331 e. The van der Waals surface area contributed by atoms with Crippen LogP contribution in [0.4, 0.5) is 10.5 Å². The first-order valence-electron chi connectivity index (χ1n) is 5.35. The van der Waals surface area contributed by atoms with Gasteiger partial charge in [-0.3, -0.25) is 0 Å². The fraction of sp³-hybridized carbons (Fsp3) is 0.167. The summed E-state index contributed by atoms with van der Waals surface area (Å²) in [5, 5.41) is 8.75. The van der Waals surface area contributed by atoms with E-state index < -0.39 is 0 Å². The summed E-state index contributed by atoms with van der Waals surface area (Å²) in [4.78, 5) is 15.9. The molecule has 0 saturated carbocycles. The number of hydrogen-bond donors (Lipinski definition) is 2. The third-order valence-corrected chi connectivity index (χ3v) is 3.49. The van der Waals surface area contributed by atoms with Crippen LogP contribution >= 0.6 is 22.9 Å². The summed E-state index contributed by atoms with van der Waals surface area (Å²) in [5.74, 6) is 0. The lowest BCUT2D eigenvalue weighted by Gasteiger charge is -2.07. The summed E-state index contributed by atoms with van der Waals surface area (Å²) in [7, 11) is 0. The molecule has 0 aliphatic rings. The Morgan fingerprint density at radius 3 is 2.89 bits per heavy atom. The number of carbonyl (C=O) groups is 1. The van der Waals surface area contributed by atoms with Crippen LogP contribution in [0, 0.1) is 6.92 Å². The number of nitrogens with zero attached hydrogens (tertiary/aromatic N) is 1. The van der Waals surface area contributed by atoms with Crippen LogP contribution in [-0.4, -0.2) is 11.0 Å². The van der Waals surface area contributed by atoms with Crippen LogP contribution in [0.1, 0.15) is 10.7 Å². The van der Waals surface area contributed by atoms with E-state index in [4.69, 9.17) is 11.6 Å². The Labute approximate surface area is 114 Å². The Balaban J connectivity index is 1.88. The third-order valence-electron chi connectivity index (χ3n) is 2.19. The number of para-hydroxylation sites is 1. The lowest BCUT2D eigenvalue weighted by molar-refractivity contribution is 0.251. The number of anilines is 1. The fourth-order valence-electron chi connectivity index (χ4n) is 1.37. The van der Waals surface area contributed by atoms with Crippen molar-refractivity contribution in [2.75, 3.05) is 5.32 Å². The zero-order chi connectivity index (χ0) is 13.0. The van der Waals surface area contributed by atoms with Crippen molar-refractivity contribution in [3.8, 4) is 0 Å². The number of aryl methyl sites for hydroxylation is 1. The standard InChI is InChI=1S/C12H12ClN3OS/c1-8-7-18-11(15-8)6-14-12(17)16-10-5-3-2-4-9(10)13/h2-5,7H,6H2,1H3,(H2,14,16,17). The van der Waals surface area contributed by atoms with Crippen LogP contribution < -0.4 is 10.6 Å². The highest BCUT2D eigenvalue weighted by Crippen LogP contribution is 2.20. The van der Waals surface area contributed by atoms with Gasteiger partial charge < -0.3 is 10.6 Å². The summed E-state index contributed by atoms with van der Waals surface area (Å²) >= 11 is 7.46. The molecule has 0 spiro atoms. The Bertz CT molecular complexity index is 556. The molecule has 2 N–H and O–H groups in total. The fourth-order valence-corrected chi connectivity index (χ4v) is 2.26. The van der Waals surface area contributed by atoms with Gasteiger partial charge in [-0.05, 0) is 19.1 Å². The first-order valence-corrected chi connectivity index (χ1v) is 6.61. The molecule has 0 aliphatic heterocycles. The smallest absolute Gasteiger partial charge is 0.319 e. The Hall–Kier alpha value is -1.59. The number of benzene rings is 1. The maximum atomic E-state index is 11.6. The minimum absolute atomic E-state index is 0.295. The van der Waals surface area contributed by atoms with Crippen molar-refractivity contribution in [1.82, 2.24) is 10.3 Å². The van der Waals surface area contributed by atoms with Gasteiger partial charge in [0.05, 0.1) is 17.3 Å². The van der Waals surface area contributed by atoms with E-state index in [1.54, 1.807) is 12.1 Å². The molecule has 94 valence electrons. The van der Waals surface area contributed by atoms with Crippen LogP contribution in [0.25, 0.3) is 0 Å². The molecule has 6 heteroatoms. The summed E-state index contributed by atoms with van der Waals surface area (Å²) < 4.78 is 0. The van der Waals surface area contributed by atoms with Crippen molar-refractivity contribution < 1.29 is 4.79 Å². The number of urea groups is 1. The number of aromatic nitrogens is 1. The monoisotopic (exact) mass is 281 g/mol. The topological polar surface area (TPSA) is 54.0 Å². The molecule has 0 aliphatic carbocycles. The van der Waals surface area contributed by atoms with E-state index in [9.17, 15) is 4.79 Å². The van der Waals surface area contributed by atoms with Crippen LogP contribution in [0.3, 0.4) is 0 Å². The van der Waals surface area contributed by atoms with Gasteiger partial charge in [-0.15, -0.1) is 11.3 Å². The highest BCUT2D eigenvalue weighted by molar-refractivity contribution is 7.09. The van der Waals surface area contributed by atoms with Gasteiger partial charge in [0, 0.05) is 11.1 Å². The Morgan fingerprint density at radius 1 is 1.44 bits per heavy atom. The predicted octanol–water partition coefficient (Wildman–Crippen LogP) is 3.43. The van der Waals surface area contributed by atoms with Crippen molar-refractivity contribution in [2.45, 2.75) is 13.5 Å². The van der Waals surface area contributed by atoms with Gasteiger partial charge in [0.2, 0.25) is 0 Å². The molecule has 1 heterocycles. The maximum absolute atomic E-state index is 11.6. The van der Waals surface area contributed by atoms with Crippen LogP contribution in [0.5, 0.6) is 0 Å². The molecule has 0 saturated heterocycles. The number of nitrogens with one attached hydrogen (secondary N) is 2. The van der Waals surface area contributed by atoms with Gasteiger partial charge in [0.25, 0.3) is 0 Å². The highest BCUT2D eigenvalue weighted by atomic mass is 35.5. The molecular weight excluding hydrogens is 270 g/mol. The van der Waals surface area contributed by atoms with Gasteiger partial charge in [-0.2, -0.15) is 0 Å². The second-order valence-electron chi connectivity index (χ2n) is 3.67. The number of amides is 2. The number of hydrogen-bond acceptors (Lipinski definition) is 3. The molecule has 4 nitrogen and oxygen atoms in total. The molecule has 1 aromatic carbocycles. The van der Waals surface area contributed by atoms with E-state index in [0.29, 0.717) is 17.3 Å². The van der Waals surface area contributed by atoms with Gasteiger partial charge in [0.1, 0.15) is 5.01 Å². The summed E-state index contributed by atoms with van der Waals surface area (Å²) in [6.07, 6.45) is 0. The van der Waals surface area contributed by atoms with Gasteiger partial charge >= 0.3 is 6.03 Å². The van der Waals surface area contributed by atoms with Crippen molar-refractivity contribution in [3.05, 3.63) is 45.4 Å². The van der Waals surface area contributed by atoms with Crippen LogP contribution in [-0.2, 0) is 6.54 Å². The quantitative estimate of drug-likeness (QED) is 0.906. The third kappa shape index (κ3) is 3.45. The zero-order valence-corrected chi connectivity index (χ0v) is 11.3. The molecule has 0 atom stereocenters. The molecule has 2 rings (SSSR count). The van der Waals surface area contributed by atoms with Crippen molar-refractivity contribution in [2.24, 2.45) is 0 Å². The van der Waals surface area contributed by atoms with E-state index in [1.165, 1.54) is 11.3 Å². The van der Waals surface area contributed by atoms with Crippen molar-refractivity contribution >= 4 is 34.7 Å². The first kappa shape index (κ1) is 12.9.